The van der Waals surface area contributed by atoms with Crippen molar-refractivity contribution in [1.82, 2.24) is 15.2 Å². The maximum atomic E-state index is 13.2. The summed E-state index contributed by atoms with van der Waals surface area (Å²) in [5.41, 5.74) is 6.53. The van der Waals surface area contributed by atoms with E-state index in [0.29, 0.717) is 51.9 Å². The van der Waals surface area contributed by atoms with Crippen LogP contribution < -0.4 is 14.8 Å². The lowest BCUT2D eigenvalue weighted by Gasteiger charge is -2.27. The van der Waals surface area contributed by atoms with Crippen molar-refractivity contribution in [2.75, 3.05) is 26.3 Å². The van der Waals surface area contributed by atoms with Crippen LogP contribution in [-0.4, -0.2) is 57.8 Å². The molecule has 0 spiro atoms. The second-order valence-electron chi connectivity index (χ2n) is 11.9. The molecule has 0 saturated carbocycles. The smallest absolute Gasteiger partial charge is 0.254 e. The predicted molar refractivity (Wildman–Crippen MR) is 187 cm³/mol. The van der Waals surface area contributed by atoms with Crippen LogP contribution in [0.4, 0.5) is 0 Å². The number of nitrogens with one attached hydrogen (secondary N) is 1. The molecule has 0 aliphatic heterocycles. The van der Waals surface area contributed by atoms with Crippen molar-refractivity contribution >= 4 is 17.5 Å². The monoisotopic (exact) mass is 670 g/mol. The molecular weight excluding hydrogens is 628 g/mol. The van der Waals surface area contributed by atoms with Crippen LogP contribution in [0.25, 0.3) is 11.1 Å². The summed E-state index contributed by atoms with van der Waals surface area (Å²) in [5, 5.41) is 32.3. The summed E-state index contributed by atoms with van der Waals surface area (Å²) in [5.74, 6) is 0.923. The Balaban J connectivity index is 1.62. The van der Waals surface area contributed by atoms with Crippen molar-refractivity contribution in [3.63, 3.8) is 0 Å². The van der Waals surface area contributed by atoms with Crippen molar-refractivity contribution in [2.24, 2.45) is 0 Å². The third-order valence-electron chi connectivity index (χ3n) is 8.57. The van der Waals surface area contributed by atoms with Gasteiger partial charge in [-0.2, -0.15) is 5.26 Å². The number of pyridine rings is 1. The molecule has 0 saturated heterocycles. The number of halogens is 1. The second kappa shape index (κ2) is 16.6. The van der Waals surface area contributed by atoms with Gasteiger partial charge in [-0.25, -0.2) is 0 Å². The molecule has 4 rings (SSSR count). The number of carbonyl (C=O) groups is 1. The Labute approximate surface area is 287 Å². The average molecular weight is 671 g/mol. The van der Waals surface area contributed by atoms with Gasteiger partial charge in [-0.05, 0) is 80.6 Å². The second-order valence-corrected chi connectivity index (χ2v) is 12.3. The van der Waals surface area contributed by atoms with Crippen LogP contribution in [-0.2, 0) is 19.8 Å². The first-order valence-corrected chi connectivity index (χ1v) is 16.3. The van der Waals surface area contributed by atoms with Gasteiger partial charge in [0.25, 0.3) is 5.91 Å². The van der Waals surface area contributed by atoms with E-state index in [1.54, 1.807) is 31.3 Å². The quantitative estimate of drug-likeness (QED) is 0.133. The number of carbonyl (C=O) groups excluding carboxylic acids is 1. The number of rotatable bonds is 15. The van der Waals surface area contributed by atoms with Crippen molar-refractivity contribution in [3.05, 3.63) is 111 Å². The predicted octanol–water partition coefficient (Wildman–Crippen LogP) is 6.36. The SMILES string of the molecule is CCN(CC)C(=O)c1cccc(-c2cccc(COc3cc(OCc4cncc(C#N)c4)c(CNC(C)(CO)CO)cc3Cl)c2C)c1C. The highest BCUT2D eigenvalue weighted by molar-refractivity contribution is 6.32. The standard InChI is InChI=1S/C38H43ClN4O5/c1-6-43(7-2)37(46)33-13-9-12-32(26(33)4)31-11-8-10-29(25(31)3)22-48-36-16-35(47-21-28-14-27(17-40)18-41-19-28)30(15-34(36)39)20-42-38(5,23-44)24-45/h8-16,18-19,42,44-45H,6-7,20-24H2,1-5H3. The topological polar surface area (TPSA) is 128 Å². The van der Waals surface area contributed by atoms with Crippen molar-refractivity contribution in [1.29, 1.82) is 5.26 Å². The van der Waals surface area contributed by atoms with Crippen LogP contribution in [0.1, 0.15) is 64.5 Å². The first kappa shape index (κ1) is 36.4. The minimum Gasteiger partial charge on any atom is -0.488 e. The van der Waals surface area contributed by atoms with E-state index in [4.69, 9.17) is 21.1 Å². The number of hydrogen-bond acceptors (Lipinski definition) is 8. The lowest BCUT2D eigenvalue weighted by atomic mass is 9.91. The van der Waals surface area contributed by atoms with E-state index in [1.165, 1.54) is 6.20 Å². The summed E-state index contributed by atoms with van der Waals surface area (Å²) < 4.78 is 12.5. The van der Waals surface area contributed by atoms with Gasteiger partial charge in [0.2, 0.25) is 0 Å². The van der Waals surface area contributed by atoms with E-state index in [-0.39, 0.29) is 38.9 Å². The highest BCUT2D eigenvalue weighted by Gasteiger charge is 2.23. The molecule has 1 heterocycles. The van der Waals surface area contributed by atoms with Crippen LogP contribution in [0.3, 0.4) is 0 Å². The fraction of sp³-hybridized carbons (Fsp3) is 0.342. The van der Waals surface area contributed by atoms with Crippen LogP contribution in [0.5, 0.6) is 11.5 Å². The molecule has 0 radical (unpaired) electrons. The number of benzene rings is 3. The first-order valence-electron chi connectivity index (χ1n) is 15.9. The molecule has 0 fully saturated rings. The summed E-state index contributed by atoms with van der Waals surface area (Å²) in [4.78, 5) is 19.2. The number of aliphatic hydroxyl groups excluding tert-OH is 2. The van der Waals surface area contributed by atoms with E-state index in [2.05, 4.69) is 22.4 Å². The number of aromatic nitrogens is 1. The van der Waals surface area contributed by atoms with Gasteiger partial charge in [-0.1, -0.05) is 41.9 Å². The van der Waals surface area contributed by atoms with Crippen molar-refractivity contribution in [3.8, 4) is 28.7 Å². The molecule has 1 aromatic heterocycles. The Kier molecular flexibility index (Phi) is 12.6. The molecular formula is C38H43ClN4O5. The van der Waals surface area contributed by atoms with Gasteiger partial charge in [0, 0.05) is 54.8 Å². The first-order chi connectivity index (χ1) is 23.1. The minimum absolute atomic E-state index is 0.0224. The molecule has 48 heavy (non-hydrogen) atoms. The molecule has 252 valence electrons. The number of nitriles is 1. The van der Waals surface area contributed by atoms with E-state index in [0.717, 1.165) is 27.8 Å². The molecule has 0 aliphatic rings. The van der Waals surface area contributed by atoms with Crippen molar-refractivity contribution in [2.45, 2.75) is 59.9 Å². The fourth-order valence-electron chi connectivity index (χ4n) is 5.35. The van der Waals surface area contributed by atoms with E-state index in [9.17, 15) is 20.3 Å². The van der Waals surface area contributed by atoms with Gasteiger partial charge in [0.15, 0.2) is 0 Å². The van der Waals surface area contributed by atoms with Gasteiger partial charge in [0.05, 0.1) is 29.3 Å². The zero-order chi connectivity index (χ0) is 34.8. The molecule has 0 aliphatic carbocycles. The van der Waals surface area contributed by atoms with E-state index >= 15 is 0 Å². The molecule has 4 aromatic rings. The molecule has 3 N–H and O–H groups in total. The average Bonchev–Trinajstić information content (AvgIpc) is 3.10. The zero-order valence-corrected chi connectivity index (χ0v) is 28.9. The number of ether oxygens (including phenoxy) is 2. The molecule has 1 amide bonds. The van der Waals surface area contributed by atoms with Crippen LogP contribution >= 0.6 is 11.6 Å². The van der Waals surface area contributed by atoms with Gasteiger partial charge in [-0.3, -0.25) is 9.78 Å². The summed E-state index contributed by atoms with van der Waals surface area (Å²) in [6.45, 7) is 11.1. The van der Waals surface area contributed by atoms with Crippen LogP contribution in [0.15, 0.2) is 67.0 Å². The fourth-order valence-corrected chi connectivity index (χ4v) is 5.59. The largest absolute Gasteiger partial charge is 0.488 e. The van der Waals surface area contributed by atoms with E-state index in [1.807, 2.05) is 62.9 Å². The molecule has 3 aromatic carbocycles. The minimum atomic E-state index is -0.914. The number of amides is 1. The summed E-state index contributed by atoms with van der Waals surface area (Å²) in [6.07, 6.45) is 3.12. The Morgan fingerprint density at radius 3 is 2.27 bits per heavy atom. The molecule has 9 nitrogen and oxygen atoms in total. The third-order valence-corrected chi connectivity index (χ3v) is 8.87. The molecule has 10 heteroatoms. The highest BCUT2D eigenvalue weighted by atomic mass is 35.5. The Morgan fingerprint density at radius 1 is 0.938 bits per heavy atom. The Bertz CT molecular complexity index is 1780. The van der Waals surface area contributed by atoms with Gasteiger partial charge < -0.3 is 29.9 Å². The Hall–Kier alpha value is -4.46. The summed E-state index contributed by atoms with van der Waals surface area (Å²) in [7, 11) is 0. The Morgan fingerprint density at radius 2 is 1.60 bits per heavy atom. The lowest BCUT2D eigenvalue weighted by molar-refractivity contribution is 0.0772. The number of hydrogen-bond donors (Lipinski definition) is 3. The zero-order valence-electron chi connectivity index (χ0n) is 28.1. The van der Waals surface area contributed by atoms with Crippen molar-refractivity contribution < 1.29 is 24.5 Å². The van der Waals surface area contributed by atoms with Gasteiger partial charge >= 0.3 is 0 Å². The van der Waals surface area contributed by atoms with Crippen LogP contribution in [0.2, 0.25) is 5.02 Å². The lowest BCUT2D eigenvalue weighted by Crippen LogP contribution is -2.48. The van der Waals surface area contributed by atoms with Gasteiger partial charge in [-0.15, -0.1) is 0 Å². The maximum Gasteiger partial charge on any atom is 0.254 e. The summed E-state index contributed by atoms with van der Waals surface area (Å²) >= 11 is 6.74. The normalized spacial score (nSPS) is 11.2. The summed E-state index contributed by atoms with van der Waals surface area (Å²) in [6, 6.07) is 19.1. The number of nitrogens with zero attached hydrogens (tertiary/aromatic N) is 3. The number of aliphatic hydroxyl groups is 2. The molecule has 0 unspecified atom stereocenters. The third kappa shape index (κ3) is 8.52. The van der Waals surface area contributed by atoms with Gasteiger partial charge in [0.1, 0.15) is 30.8 Å². The molecule has 0 bridgehead atoms. The highest BCUT2D eigenvalue weighted by Crippen LogP contribution is 2.36. The molecule has 0 atom stereocenters. The van der Waals surface area contributed by atoms with E-state index < -0.39 is 5.54 Å². The maximum absolute atomic E-state index is 13.2. The van der Waals surface area contributed by atoms with Crippen LogP contribution in [0, 0.1) is 25.2 Å².